The molecule has 0 radical (unpaired) electrons. The second-order valence-electron chi connectivity index (χ2n) is 4.74. The topological polar surface area (TPSA) is 93.4 Å². The smallest absolute Gasteiger partial charge is 0.329 e. The van der Waals surface area contributed by atoms with Gasteiger partial charge in [-0.1, -0.05) is 11.6 Å². The lowest BCUT2D eigenvalue weighted by Gasteiger charge is -2.23. The van der Waals surface area contributed by atoms with E-state index in [1.807, 2.05) is 6.92 Å². The van der Waals surface area contributed by atoms with E-state index in [1.165, 1.54) is 6.26 Å². The van der Waals surface area contributed by atoms with Gasteiger partial charge in [0.2, 0.25) is 5.15 Å². The molecule has 1 heterocycles. The Morgan fingerprint density at radius 1 is 1.48 bits per heavy atom. The minimum atomic E-state index is -3.05. The molecule has 1 rings (SSSR count). The Morgan fingerprint density at radius 2 is 2.10 bits per heavy atom. The number of anilines is 1. The van der Waals surface area contributed by atoms with E-state index in [2.05, 4.69) is 4.98 Å². The second kappa shape index (κ2) is 7.04. The lowest BCUT2D eigenvalue weighted by atomic mass is 10.2. The zero-order valence-corrected chi connectivity index (χ0v) is 13.7. The molecule has 1 aromatic heterocycles. The lowest BCUT2D eigenvalue weighted by Crippen LogP contribution is -2.26. The van der Waals surface area contributed by atoms with Crippen molar-refractivity contribution in [3.8, 4) is 0 Å². The summed E-state index contributed by atoms with van der Waals surface area (Å²) in [4.78, 5) is 16.2. The molecule has 118 valence electrons. The summed E-state index contributed by atoms with van der Waals surface area (Å²) in [5.74, 6) is 0.0368. The van der Waals surface area contributed by atoms with Crippen LogP contribution in [-0.4, -0.2) is 43.4 Å². The van der Waals surface area contributed by atoms with Gasteiger partial charge >= 0.3 is 5.69 Å². The van der Waals surface area contributed by atoms with Crippen molar-refractivity contribution >= 4 is 32.8 Å². The zero-order chi connectivity index (χ0) is 16.2. The molecule has 0 saturated heterocycles. The van der Waals surface area contributed by atoms with Gasteiger partial charge in [0.25, 0.3) is 0 Å². The second-order valence-corrected chi connectivity index (χ2v) is 7.36. The van der Waals surface area contributed by atoms with E-state index in [1.54, 1.807) is 17.9 Å². The molecule has 0 aliphatic heterocycles. The first-order valence-corrected chi connectivity index (χ1v) is 8.83. The van der Waals surface area contributed by atoms with Gasteiger partial charge in [0, 0.05) is 25.0 Å². The van der Waals surface area contributed by atoms with Crippen molar-refractivity contribution in [1.29, 1.82) is 0 Å². The maximum absolute atomic E-state index is 11.2. The fourth-order valence-corrected chi connectivity index (χ4v) is 2.94. The van der Waals surface area contributed by atoms with E-state index in [0.717, 1.165) is 0 Å². The van der Waals surface area contributed by atoms with E-state index >= 15 is 0 Å². The molecule has 0 spiro atoms. The van der Waals surface area contributed by atoms with Crippen LogP contribution in [0.25, 0.3) is 0 Å². The van der Waals surface area contributed by atoms with Gasteiger partial charge in [-0.25, -0.2) is 13.4 Å². The van der Waals surface area contributed by atoms with Crippen LogP contribution in [-0.2, 0) is 9.84 Å². The van der Waals surface area contributed by atoms with E-state index < -0.39 is 14.8 Å². The molecule has 0 atom stereocenters. The molecule has 0 aliphatic carbocycles. The number of rotatable bonds is 7. The Hall–Kier alpha value is -1.41. The minimum Gasteiger partial charge on any atom is -0.366 e. The van der Waals surface area contributed by atoms with Crippen LogP contribution in [0.15, 0.2) is 6.07 Å². The van der Waals surface area contributed by atoms with E-state index in [9.17, 15) is 18.5 Å². The van der Waals surface area contributed by atoms with Crippen molar-refractivity contribution in [2.45, 2.75) is 20.3 Å². The summed E-state index contributed by atoms with van der Waals surface area (Å²) in [5.41, 5.74) is 0.694. The highest BCUT2D eigenvalue weighted by Crippen LogP contribution is 2.34. The third-order valence-corrected chi connectivity index (χ3v) is 4.20. The van der Waals surface area contributed by atoms with Crippen LogP contribution in [0.4, 0.5) is 11.4 Å². The lowest BCUT2D eigenvalue weighted by molar-refractivity contribution is -0.384. The van der Waals surface area contributed by atoms with Crippen molar-refractivity contribution in [2.75, 3.05) is 30.0 Å². The van der Waals surface area contributed by atoms with Gasteiger partial charge in [0.15, 0.2) is 0 Å². The molecule has 0 unspecified atom stereocenters. The summed E-state index contributed by atoms with van der Waals surface area (Å²) in [6.45, 7) is 4.44. The first-order chi connectivity index (χ1) is 9.65. The molecule has 9 heteroatoms. The molecule has 0 amide bonds. The van der Waals surface area contributed by atoms with Crippen LogP contribution in [0.3, 0.4) is 0 Å². The summed E-state index contributed by atoms with van der Waals surface area (Å²) >= 11 is 5.86. The van der Waals surface area contributed by atoms with Crippen LogP contribution in [0, 0.1) is 17.0 Å². The number of hydrogen-bond acceptors (Lipinski definition) is 6. The number of halogens is 1. The van der Waals surface area contributed by atoms with Gasteiger partial charge in [-0.05, 0) is 26.3 Å². The fourth-order valence-electron chi connectivity index (χ4n) is 1.99. The first-order valence-electron chi connectivity index (χ1n) is 6.40. The average molecular weight is 336 g/mol. The highest BCUT2D eigenvalue weighted by molar-refractivity contribution is 7.90. The molecule has 0 aliphatic rings. The summed E-state index contributed by atoms with van der Waals surface area (Å²) in [6, 6.07) is 1.59. The molecule has 0 aromatic carbocycles. The van der Waals surface area contributed by atoms with Crippen LogP contribution in [0.5, 0.6) is 0 Å². The maximum Gasteiger partial charge on any atom is 0.329 e. The van der Waals surface area contributed by atoms with Crippen LogP contribution >= 0.6 is 11.6 Å². The monoisotopic (exact) mass is 335 g/mol. The van der Waals surface area contributed by atoms with Crippen molar-refractivity contribution in [1.82, 2.24) is 4.98 Å². The van der Waals surface area contributed by atoms with Crippen LogP contribution in [0.1, 0.15) is 19.0 Å². The number of nitro groups is 1. The molecule has 0 bridgehead atoms. The number of aromatic nitrogens is 1. The highest BCUT2D eigenvalue weighted by atomic mass is 35.5. The minimum absolute atomic E-state index is 0.0368. The molecular formula is C12H18ClN3O4S. The molecule has 0 N–H and O–H groups in total. The average Bonchev–Trinajstić information content (AvgIpc) is 2.31. The Labute approximate surface area is 129 Å². The third-order valence-electron chi connectivity index (χ3n) is 2.91. The van der Waals surface area contributed by atoms with E-state index in [0.29, 0.717) is 30.9 Å². The van der Waals surface area contributed by atoms with Crippen molar-refractivity contribution < 1.29 is 13.3 Å². The predicted molar refractivity (Wildman–Crippen MR) is 82.9 cm³/mol. The van der Waals surface area contributed by atoms with Gasteiger partial charge in [0.05, 0.1) is 10.7 Å². The van der Waals surface area contributed by atoms with Gasteiger partial charge in [-0.2, -0.15) is 0 Å². The van der Waals surface area contributed by atoms with Crippen molar-refractivity contribution in [3.05, 3.63) is 27.0 Å². The summed E-state index contributed by atoms with van der Waals surface area (Å²) in [7, 11) is -3.05. The Kier molecular flexibility index (Phi) is 5.91. The van der Waals surface area contributed by atoms with E-state index in [4.69, 9.17) is 11.6 Å². The van der Waals surface area contributed by atoms with Crippen molar-refractivity contribution in [3.63, 3.8) is 0 Å². The SMILES string of the molecule is CCN(CCCS(C)(=O)=O)c1cc(C)nc(Cl)c1[N+](=O)[O-]. The quantitative estimate of drug-likeness (QED) is 0.431. The number of nitrogens with zero attached hydrogens (tertiary/aromatic N) is 3. The summed E-state index contributed by atoms with van der Waals surface area (Å²) in [5, 5.41) is 11.0. The molecule has 0 fully saturated rings. The Balaban J connectivity index is 3.07. The standard InChI is InChI=1S/C12H18ClN3O4S/c1-4-15(6-5-7-21(3,19)20)10-8-9(2)14-12(13)11(10)16(17)18/h8H,4-7H2,1-3H3. The van der Waals surface area contributed by atoms with Crippen LogP contribution in [0.2, 0.25) is 5.15 Å². The summed E-state index contributed by atoms with van der Waals surface area (Å²) < 4.78 is 22.3. The predicted octanol–water partition coefficient (Wildman–Crippen LogP) is 2.21. The molecule has 7 nitrogen and oxygen atoms in total. The molecule has 0 saturated carbocycles. The van der Waals surface area contributed by atoms with E-state index in [-0.39, 0.29) is 16.6 Å². The van der Waals surface area contributed by atoms with Gasteiger partial charge in [0.1, 0.15) is 15.5 Å². The fraction of sp³-hybridized carbons (Fsp3) is 0.583. The normalized spacial score (nSPS) is 11.4. The maximum atomic E-state index is 11.2. The number of hydrogen-bond donors (Lipinski definition) is 0. The highest BCUT2D eigenvalue weighted by Gasteiger charge is 2.24. The Bertz CT molecular complexity index is 634. The first kappa shape index (κ1) is 17.6. The number of pyridine rings is 1. The largest absolute Gasteiger partial charge is 0.366 e. The zero-order valence-electron chi connectivity index (χ0n) is 12.2. The third kappa shape index (κ3) is 5.13. The van der Waals surface area contributed by atoms with Crippen LogP contribution < -0.4 is 4.90 Å². The van der Waals surface area contributed by atoms with Gasteiger partial charge in [-0.3, -0.25) is 10.1 Å². The summed E-state index contributed by atoms with van der Waals surface area (Å²) in [6.07, 6.45) is 1.56. The van der Waals surface area contributed by atoms with Gasteiger partial charge < -0.3 is 4.90 Å². The molecule has 1 aromatic rings. The Morgan fingerprint density at radius 3 is 2.57 bits per heavy atom. The molecule has 21 heavy (non-hydrogen) atoms. The number of aryl methyl sites for hydroxylation is 1. The number of sulfone groups is 1. The molecular weight excluding hydrogens is 318 g/mol. The van der Waals surface area contributed by atoms with Crippen molar-refractivity contribution in [2.24, 2.45) is 0 Å². The van der Waals surface area contributed by atoms with Gasteiger partial charge in [-0.15, -0.1) is 0 Å².